The van der Waals surface area contributed by atoms with Gasteiger partial charge >= 0.3 is 0 Å². The van der Waals surface area contributed by atoms with Crippen LogP contribution in [0.4, 0.5) is 11.4 Å². The predicted octanol–water partition coefficient (Wildman–Crippen LogP) is 4.77. The monoisotopic (exact) mass is 599 g/mol. The van der Waals surface area contributed by atoms with Crippen LogP contribution in [-0.4, -0.2) is 66.9 Å². The second-order valence-electron chi connectivity index (χ2n) is 12.1. The molecule has 0 aromatic heterocycles. The Morgan fingerprint density at radius 3 is 2.26 bits per heavy atom. The Kier molecular flexibility index (Phi) is 8.00. The summed E-state index contributed by atoms with van der Waals surface area (Å²) in [5, 5.41) is 20.7. The number of piperazine rings is 1. The molecule has 4 aromatic carbocycles. The molecule has 3 fully saturated rings. The van der Waals surface area contributed by atoms with Crippen molar-refractivity contribution in [2.75, 3.05) is 62.7 Å². The molecule has 0 radical (unpaired) electrons. The maximum absolute atomic E-state index is 12.9. The van der Waals surface area contributed by atoms with Crippen molar-refractivity contribution in [3.63, 3.8) is 0 Å². The number of nitrogens with one attached hydrogen (secondary N) is 3. The third-order valence-corrected chi connectivity index (χ3v) is 10.4. The number of sulfonamides is 1. The number of nitrogens with zero attached hydrogens (tertiary/aromatic N) is 1. The SMILES string of the molecule is NS(=O)(=O)c1ccc(N2CCNCC2)c2ccc(-c3cc(NC4CCOCC4)c4ccccc4c3C3CCNCC3)cc12. The number of rotatable bonds is 6. The summed E-state index contributed by atoms with van der Waals surface area (Å²) in [6, 6.07) is 21.3. The van der Waals surface area contributed by atoms with Gasteiger partial charge in [0.15, 0.2) is 0 Å². The van der Waals surface area contributed by atoms with Gasteiger partial charge in [-0.15, -0.1) is 0 Å². The lowest BCUT2D eigenvalue weighted by molar-refractivity contribution is 0.0905. The summed E-state index contributed by atoms with van der Waals surface area (Å²) in [4.78, 5) is 2.51. The second kappa shape index (κ2) is 12.1. The van der Waals surface area contributed by atoms with Crippen LogP contribution in [-0.2, 0) is 14.8 Å². The standard InChI is InChI=1S/C34H41N5O3S/c35-43(40,41)33-8-7-32(39-17-15-37-16-18-39)27-6-5-24(21-30(27)33)29-22-31(38-25-11-19-42-20-12-25)26-3-1-2-4-28(26)34(29)23-9-13-36-14-10-23/h1-8,21-23,25,36-38H,9-20H2,(H2,35,40,41). The molecular weight excluding hydrogens is 558 g/mol. The van der Waals surface area contributed by atoms with Crippen LogP contribution >= 0.6 is 0 Å². The summed E-state index contributed by atoms with van der Waals surface area (Å²) in [5.41, 5.74) is 5.70. The topological polar surface area (TPSA) is 109 Å². The van der Waals surface area contributed by atoms with Crippen molar-refractivity contribution in [1.82, 2.24) is 10.6 Å². The molecule has 9 heteroatoms. The Bertz CT molecular complexity index is 1740. The van der Waals surface area contributed by atoms with E-state index in [-0.39, 0.29) is 4.90 Å². The van der Waals surface area contributed by atoms with E-state index in [9.17, 15) is 8.42 Å². The summed E-state index contributed by atoms with van der Waals surface area (Å²) >= 11 is 0. The van der Waals surface area contributed by atoms with E-state index in [1.807, 2.05) is 6.07 Å². The smallest absolute Gasteiger partial charge is 0.238 e. The quantitative estimate of drug-likeness (QED) is 0.253. The van der Waals surface area contributed by atoms with E-state index in [1.54, 1.807) is 6.07 Å². The van der Waals surface area contributed by atoms with Crippen LogP contribution in [0.1, 0.15) is 37.2 Å². The minimum Gasteiger partial charge on any atom is -0.382 e. The fourth-order valence-electron chi connectivity index (χ4n) is 7.27. The molecule has 3 aliphatic heterocycles. The minimum absolute atomic E-state index is 0.174. The Morgan fingerprint density at radius 1 is 0.791 bits per heavy atom. The molecule has 0 bridgehead atoms. The number of hydrogen-bond acceptors (Lipinski definition) is 7. The molecule has 0 unspecified atom stereocenters. The Hall–Kier alpha value is -3.21. The Morgan fingerprint density at radius 2 is 1.51 bits per heavy atom. The van der Waals surface area contributed by atoms with Crippen LogP contribution in [0.5, 0.6) is 0 Å². The molecule has 5 N–H and O–H groups in total. The van der Waals surface area contributed by atoms with Crippen molar-refractivity contribution in [3.8, 4) is 11.1 Å². The summed E-state index contributed by atoms with van der Waals surface area (Å²) in [5.74, 6) is 0.402. The van der Waals surface area contributed by atoms with Gasteiger partial charge in [0.1, 0.15) is 0 Å². The van der Waals surface area contributed by atoms with E-state index in [2.05, 4.69) is 69.4 Å². The van der Waals surface area contributed by atoms with E-state index >= 15 is 0 Å². The lowest BCUT2D eigenvalue weighted by Gasteiger charge is -2.31. The number of anilines is 2. The first-order chi connectivity index (χ1) is 21.0. The molecule has 4 aromatic rings. The molecule has 0 atom stereocenters. The fourth-order valence-corrected chi connectivity index (χ4v) is 8.00. The zero-order valence-corrected chi connectivity index (χ0v) is 25.4. The van der Waals surface area contributed by atoms with Crippen molar-refractivity contribution in [2.45, 2.75) is 42.5 Å². The number of fused-ring (bicyclic) bond motifs is 2. The van der Waals surface area contributed by atoms with Crippen molar-refractivity contribution < 1.29 is 13.2 Å². The van der Waals surface area contributed by atoms with Gasteiger partial charge in [0.05, 0.1) is 4.90 Å². The van der Waals surface area contributed by atoms with Crippen LogP contribution < -0.4 is 26.0 Å². The van der Waals surface area contributed by atoms with Crippen LogP contribution in [0.25, 0.3) is 32.7 Å². The summed E-state index contributed by atoms with van der Waals surface area (Å²) < 4.78 is 31.4. The molecule has 0 aliphatic carbocycles. The van der Waals surface area contributed by atoms with E-state index in [1.165, 1.54) is 16.3 Å². The van der Waals surface area contributed by atoms with Crippen LogP contribution in [0.15, 0.2) is 65.6 Å². The van der Waals surface area contributed by atoms with E-state index in [0.717, 1.165) is 106 Å². The van der Waals surface area contributed by atoms with Gasteiger partial charge in [0.25, 0.3) is 0 Å². The molecule has 0 saturated carbocycles. The Labute approximate surface area is 254 Å². The average molecular weight is 600 g/mol. The van der Waals surface area contributed by atoms with E-state index in [0.29, 0.717) is 17.3 Å². The number of nitrogens with two attached hydrogens (primary N) is 1. The normalized spacial score (nSPS) is 19.2. The molecule has 8 nitrogen and oxygen atoms in total. The fraction of sp³-hybridized carbons (Fsp3) is 0.412. The van der Waals surface area contributed by atoms with Crippen LogP contribution in [0.2, 0.25) is 0 Å². The largest absolute Gasteiger partial charge is 0.382 e. The van der Waals surface area contributed by atoms with Gasteiger partial charge in [-0.3, -0.25) is 0 Å². The first kappa shape index (κ1) is 28.6. The molecule has 0 spiro atoms. The average Bonchev–Trinajstić information content (AvgIpc) is 3.04. The highest BCUT2D eigenvalue weighted by atomic mass is 32.2. The van der Waals surface area contributed by atoms with Crippen molar-refractivity contribution in [3.05, 3.63) is 66.2 Å². The number of hydrogen-bond donors (Lipinski definition) is 4. The van der Waals surface area contributed by atoms with E-state index < -0.39 is 10.0 Å². The van der Waals surface area contributed by atoms with Crippen molar-refractivity contribution in [2.24, 2.45) is 5.14 Å². The molecule has 7 rings (SSSR count). The number of piperidine rings is 1. The molecule has 226 valence electrons. The highest BCUT2D eigenvalue weighted by molar-refractivity contribution is 7.89. The van der Waals surface area contributed by atoms with Gasteiger partial charge < -0.3 is 25.6 Å². The summed E-state index contributed by atoms with van der Waals surface area (Å²) in [7, 11) is -3.93. The molecule has 0 amide bonds. The van der Waals surface area contributed by atoms with Gasteiger partial charge in [0.2, 0.25) is 10.0 Å². The maximum Gasteiger partial charge on any atom is 0.238 e. The van der Waals surface area contributed by atoms with Gasteiger partial charge in [0, 0.05) is 73.0 Å². The van der Waals surface area contributed by atoms with Crippen molar-refractivity contribution in [1.29, 1.82) is 0 Å². The first-order valence-electron chi connectivity index (χ1n) is 15.6. The second-order valence-corrected chi connectivity index (χ2v) is 13.6. The number of benzene rings is 4. The Balaban J connectivity index is 1.45. The number of ether oxygens (including phenoxy) is 1. The molecular formula is C34H41N5O3S. The zero-order chi connectivity index (χ0) is 29.4. The lowest BCUT2D eigenvalue weighted by atomic mass is 9.81. The van der Waals surface area contributed by atoms with Gasteiger partial charge in [-0.1, -0.05) is 36.4 Å². The first-order valence-corrected chi connectivity index (χ1v) is 17.2. The highest BCUT2D eigenvalue weighted by Gasteiger charge is 2.26. The third-order valence-electron chi connectivity index (χ3n) is 9.44. The summed E-state index contributed by atoms with van der Waals surface area (Å²) in [6.07, 6.45) is 4.07. The van der Waals surface area contributed by atoms with E-state index in [4.69, 9.17) is 9.88 Å². The van der Waals surface area contributed by atoms with Gasteiger partial charge in [-0.2, -0.15) is 0 Å². The molecule has 43 heavy (non-hydrogen) atoms. The van der Waals surface area contributed by atoms with Crippen LogP contribution in [0, 0.1) is 0 Å². The summed E-state index contributed by atoms with van der Waals surface area (Å²) in [6.45, 7) is 7.06. The highest BCUT2D eigenvalue weighted by Crippen LogP contribution is 2.44. The molecule has 3 heterocycles. The predicted molar refractivity (Wildman–Crippen MR) is 176 cm³/mol. The van der Waals surface area contributed by atoms with Crippen LogP contribution in [0.3, 0.4) is 0 Å². The van der Waals surface area contributed by atoms with Gasteiger partial charge in [-0.05, 0) is 91.0 Å². The maximum atomic E-state index is 12.9. The molecule has 3 aliphatic rings. The minimum atomic E-state index is -3.93. The van der Waals surface area contributed by atoms with Crippen molar-refractivity contribution >= 4 is 42.9 Å². The third kappa shape index (κ3) is 5.72. The van der Waals surface area contributed by atoms with Gasteiger partial charge in [-0.25, -0.2) is 13.6 Å². The molecule has 3 saturated heterocycles. The lowest BCUT2D eigenvalue weighted by Crippen LogP contribution is -2.43. The zero-order valence-electron chi connectivity index (χ0n) is 24.6. The number of primary sulfonamides is 1.